The van der Waals surface area contributed by atoms with Crippen LogP contribution >= 0.6 is 0 Å². The average Bonchev–Trinajstić information content (AvgIpc) is 2.73. The van der Waals surface area contributed by atoms with Gasteiger partial charge in [0.1, 0.15) is 11.5 Å². The fourth-order valence-electron chi connectivity index (χ4n) is 2.59. The maximum atomic E-state index is 11.9. The van der Waals surface area contributed by atoms with Crippen molar-refractivity contribution >= 4 is 11.5 Å². The smallest absolute Gasteiger partial charge is 0.329 e. The second kappa shape index (κ2) is 5.70. The number of anilines is 2. The molecule has 2 heterocycles. The molecule has 7 heteroatoms. The van der Waals surface area contributed by atoms with Crippen LogP contribution in [0.2, 0.25) is 0 Å². The Labute approximate surface area is 117 Å². The minimum absolute atomic E-state index is 0.280. The lowest BCUT2D eigenvalue weighted by Crippen LogP contribution is -2.33. The zero-order valence-electron chi connectivity index (χ0n) is 12.2. The van der Waals surface area contributed by atoms with Crippen molar-refractivity contribution in [2.24, 2.45) is 7.05 Å². The second-order valence-corrected chi connectivity index (χ2v) is 5.30. The van der Waals surface area contributed by atoms with Crippen molar-refractivity contribution < 1.29 is 5.11 Å². The van der Waals surface area contributed by atoms with E-state index in [-0.39, 0.29) is 11.7 Å². The molecule has 2 N–H and O–H groups in total. The largest absolute Gasteiger partial charge is 0.393 e. The number of H-pyrrole nitrogens is 1. The zero-order chi connectivity index (χ0) is 14.9. The molecule has 0 saturated carbocycles. The van der Waals surface area contributed by atoms with Crippen molar-refractivity contribution in [2.45, 2.75) is 32.3 Å². The van der Waals surface area contributed by atoms with Crippen molar-refractivity contribution in [3.63, 3.8) is 0 Å². The summed E-state index contributed by atoms with van der Waals surface area (Å²) in [4.78, 5) is 29.8. The first-order chi connectivity index (χ1) is 9.45. The molecule has 1 unspecified atom stereocenters. The van der Waals surface area contributed by atoms with E-state index in [2.05, 4.69) is 4.98 Å². The van der Waals surface area contributed by atoms with Crippen LogP contribution in [0, 0.1) is 0 Å². The Morgan fingerprint density at radius 1 is 1.35 bits per heavy atom. The number of hydrogen-bond donors (Lipinski definition) is 2. The third-order valence-electron chi connectivity index (χ3n) is 3.77. The molecule has 0 aliphatic carbocycles. The Balaban J connectivity index is 2.21. The summed E-state index contributed by atoms with van der Waals surface area (Å²) in [6.07, 6.45) is 2.01. The van der Waals surface area contributed by atoms with E-state index >= 15 is 0 Å². The van der Waals surface area contributed by atoms with E-state index in [0.717, 1.165) is 19.3 Å². The van der Waals surface area contributed by atoms with Crippen molar-refractivity contribution in [3.8, 4) is 0 Å². The molecule has 7 nitrogen and oxygen atoms in total. The molecule has 0 spiro atoms. The van der Waals surface area contributed by atoms with Gasteiger partial charge in [-0.2, -0.15) is 0 Å². The summed E-state index contributed by atoms with van der Waals surface area (Å²) in [6.45, 7) is 3.25. The molecule has 2 rings (SSSR count). The van der Waals surface area contributed by atoms with Crippen LogP contribution in [-0.4, -0.2) is 41.0 Å². The highest BCUT2D eigenvalue weighted by atomic mass is 16.3. The van der Waals surface area contributed by atoms with Gasteiger partial charge in [-0.15, -0.1) is 0 Å². The molecule has 1 aromatic rings. The van der Waals surface area contributed by atoms with Crippen LogP contribution in [0.5, 0.6) is 0 Å². The fraction of sp³-hybridized carbons (Fsp3) is 0.692. The van der Waals surface area contributed by atoms with Crippen LogP contribution in [0.15, 0.2) is 9.59 Å². The van der Waals surface area contributed by atoms with Crippen molar-refractivity contribution in [1.82, 2.24) is 9.55 Å². The maximum absolute atomic E-state index is 11.9. The minimum Gasteiger partial charge on any atom is -0.393 e. The van der Waals surface area contributed by atoms with Gasteiger partial charge in [-0.05, 0) is 19.3 Å². The van der Waals surface area contributed by atoms with E-state index in [1.165, 1.54) is 4.57 Å². The summed E-state index contributed by atoms with van der Waals surface area (Å²) < 4.78 is 1.47. The first kappa shape index (κ1) is 14.6. The van der Waals surface area contributed by atoms with Crippen LogP contribution in [-0.2, 0) is 7.05 Å². The van der Waals surface area contributed by atoms with Crippen LogP contribution in [0.3, 0.4) is 0 Å². The molecule has 0 fully saturated rings. The predicted molar refractivity (Wildman–Crippen MR) is 78.5 cm³/mol. The fourth-order valence-corrected chi connectivity index (χ4v) is 2.59. The molecule has 1 atom stereocenters. The van der Waals surface area contributed by atoms with Gasteiger partial charge in [-0.3, -0.25) is 14.3 Å². The van der Waals surface area contributed by atoms with Gasteiger partial charge < -0.3 is 14.9 Å². The minimum atomic E-state index is -0.400. The Kier molecular flexibility index (Phi) is 4.17. The van der Waals surface area contributed by atoms with Crippen LogP contribution in [0.1, 0.15) is 26.2 Å². The zero-order valence-corrected chi connectivity index (χ0v) is 12.2. The van der Waals surface area contributed by atoms with Gasteiger partial charge in [0.2, 0.25) is 0 Å². The number of nitrogens with one attached hydrogen (secondary N) is 1. The molecule has 112 valence electrons. The van der Waals surface area contributed by atoms with Gasteiger partial charge >= 0.3 is 5.69 Å². The highest BCUT2D eigenvalue weighted by Crippen LogP contribution is 2.29. The van der Waals surface area contributed by atoms with Crippen molar-refractivity contribution in [3.05, 3.63) is 20.8 Å². The first-order valence-electron chi connectivity index (χ1n) is 6.93. The molecule has 0 amide bonds. The molecule has 0 saturated heterocycles. The molecule has 1 aliphatic rings. The molecule has 0 radical (unpaired) electrons. The van der Waals surface area contributed by atoms with Gasteiger partial charge in [0.25, 0.3) is 5.56 Å². The number of aromatic amines is 1. The molecule has 1 aliphatic heterocycles. The quantitative estimate of drug-likeness (QED) is 0.784. The summed E-state index contributed by atoms with van der Waals surface area (Å²) in [5.74, 6) is 0.659. The number of aliphatic hydroxyl groups is 1. The Morgan fingerprint density at radius 3 is 2.70 bits per heavy atom. The van der Waals surface area contributed by atoms with E-state index in [0.29, 0.717) is 24.7 Å². The maximum Gasteiger partial charge on any atom is 0.329 e. The third-order valence-corrected chi connectivity index (χ3v) is 3.77. The number of fused-ring (bicyclic) bond motifs is 1. The number of hydrogen-bond acceptors (Lipinski definition) is 5. The third kappa shape index (κ3) is 2.58. The van der Waals surface area contributed by atoms with Gasteiger partial charge in [0.15, 0.2) is 0 Å². The van der Waals surface area contributed by atoms with Crippen LogP contribution < -0.4 is 21.0 Å². The lowest BCUT2D eigenvalue weighted by molar-refractivity contribution is 0.158. The van der Waals surface area contributed by atoms with E-state index in [9.17, 15) is 14.7 Å². The Bertz CT molecular complexity index is 592. The summed E-state index contributed by atoms with van der Waals surface area (Å²) in [5, 5.41) is 9.58. The highest BCUT2D eigenvalue weighted by Gasteiger charge is 2.29. The molecular weight excluding hydrogens is 260 g/mol. The van der Waals surface area contributed by atoms with Gasteiger partial charge in [0.05, 0.1) is 12.8 Å². The standard InChI is InChI=1S/C13H22N4O3/c1-4-9(18)6-5-7-17-8-15(2)10-11(19)14-13(20)16(3)12(10)17/h9,18H,4-8H2,1-3H3,(H,14,19,20). The molecule has 20 heavy (non-hydrogen) atoms. The molecule has 0 aromatic carbocycles. The normalized spacial score (nSPS) is 15.6. The SMILES string of the molecule is CCC(O)CCCN1CN(C)c2c1n(C)c(=O)[nH]c2=O. The van der Waals surface area contributed by atoms with Crippen LogP contribution in [0.4, 0.5) is 11.5 Å². The van der Waals surface area contributed by atoms with Gasteiger partial charge in [-0.25, -0.2) is 4.79 Å². The Hall–Kier alpha value is -1.76. The first-order valence-corrected chi connectivity index (χ1v) is 6.93. The number of rotatable bonds is 5. The average molecular weight is 282 g/mol. The number of aliphatic hydroxyl groups excluding tert-OH is 1. The van der Waals surface area contributed by atoms with Crippen molar-refractivity contribution in [1.29, 1.82) is 0 Å². The van der Waals surface area contributed by atoms with Gasteiger partial charge in [-0.1, -0.05) is 6.92 Å². The lowest BCUT2D eigenvalue weighted by Gasteiger charge is -2.20. The molecular formula is C13H22N4O3. The molecule has 0 bridgehead atoms. The summed E-state index contributed by atoms with van der Waals surface area (Å²) >= 11 is 0. The summed E-state index contributed by atoms with van der Waals surface area (Å²) in [5.41, 5.74) is -0.215. The monoisotopic (exact) mass is 282 g/mol. The van der Waals surface area contributed by atoms with E-state index in [4.69, 9.17) is 0 Å². The number of nitrogens with zero attached hydrogens (tertiary/aromatic N) is 3. The second-order valence-electron chi connectivity index (χ2n) is 5.30. The van der Waals surface area contributed by atoms with Crippen molar-refractivity contribution in [2.75, 3.05) is 30.1 Å². The van der Waals surface area contributed by atoms with E-state index in [1.54, 1.807) is 7.05 Å². The van der Waals surface area contributed by atoms with E-state index < -0.39 is 5.69 Å². The summed E-state index contributed by atoms with van der Waals surface area (Å²) in [6, 6.07) is 0. The predicted octanol–water partition coefficient (Wildman–Crippen LogP) is -0.162. The van der Waals surface area contributed by atoms with Gasteiger partial charge in [0, 0.05) is 20.6 Å². The molecule has 1 aromatic heterocycles. The number of aromatic nitrogens is 2. The van der Waals surface area contributed by atoms with Crippen LogP contribution in [0.25, 0.3) is 0 Å². The lowest BCUT2D eigenvalue weighted by atomic mass is 10.1. The highest BCUT2D eigenvalue weighted by molar-refractivity contribution is 5.71. The Morgan fingerprint density at radius 2 is 2.05 bits per heavy atom. The van der Waals surface area contributed by atoms with E-state index in [1.807, 2.05) is 23.8 Å². The summed E-state index contributed by atoms with van der Waals surface area (Å²) in [7, 11) is 3.49. The topological polar surface area (TPSA) is 81.6 Å².